The van der Waals surface area contributed by atoms with Crippen LogP contribution in [0.5, 0.6) is 0 Å². The maximum absolute atomic E-state index is 12.3. The average Bonchev–Trinajstić information content (AvgIpc) is 2.90. The zero-order valence-corrected chi connectivity index (χ0v) is 14.6. The van der Waals surface area contributed by atoms with E-state index in [1.54, 1.807) is 24.3 Å². The third kappa shape index (κ3) is 3.97. The maximum atomic E-state index is 12.3. The van der Waals surface area contributed by atoms with Gasteiger partial charge in [0.15, 0.2) is 0 Å². The van der Waals surface area contributed by atoms with E-state index in [2.05, 4.69) is 36.5 Å². The number of unbranched alkanes of at least 4 members (excludes halogenated alkanes) is 1. The number of rotatable bonds is 8. The largest absolute Gasteiger partial charge is 0.316 e. The second-order valence-electron chi connectivity index (χ2n) is 6.53. The zero-order chi connectivity index (χ0) is 17.6. The van der Waals surface area contributed by atoms with Crippen molar-refractivity contribution < 1.29 is 9.59 Å². The molecule has 1 aliphatic heterocycles. The molecule has 2 amide bonds. The molecule has 4 heteroatoms. The topological polar surface area (TPSA) is 49.4 Å². The standard InChI is InChI=1S/C21H24N2O2/c1-16(17-9-3-2-4-10-17)15-22-13-7-8-14-23-20(24)18-11-5-6-12-19(18)21(23)25/h2-6,9-12,16,22H,7-8,13-15H2,1H3. The SMILES string of the molecule is CC(CNCCCCN1C(=O)c2ccccc2C1=O)c1ccccc1. The predicted molar refractivity (Wildman–Crippen MR) is 98.8 cm³/mol. The van der Waals surface area contributed by atoms with Crippen LogP contribution in [-0.4, -0.2) is 36.3 Å². The van der Waals surface area contributed by atoms with E-state index in [-0.39, 0.29) is 11.8 Å². The van der Waals surface area contributed by atoms with Gasteiger partial charge in [0, 0.05) is 13.1 Å². The number of imide groups is 1. The summed E-state index contributed by atoms with van der Waals surface area (Å²) in [6, 6.07) is 17.5. The molecule has 0 saturated carbocycles. The average molecular weight is 336 g/mol. The van der Waals surface area contributed by atoms with Crippen LogP contribution in [0.15, 0.2) is 54.6 Å². The van der Waals surface area contributed by atoms with E-state index in [4.69, 9.17) is 0 Å². The molecule has 3 rings (SSSR count). The smallest absolute Gasteiger partial charge is 0.261 e. The summed E-state index contributed by atoms with van der Waals surface area (Å²) in [6.45, 7) is 4.51. The van der Waals surface area contributed by atoms with Gasteiger partial charge in [-0.1, -0.05) is 49.4 Å². The fourth-order valence-corrected chi connectivity index (χ4v) is 3.18. The Morgan fingerprint density at radius 1 is 0.880 bits per heavy atom. The van der Waals surface area contributed by atoms with Crippen LogP contribution in [0.1, 0.15) is 52.0 Å². The summed E-state index contributed by atoms with van der Waals surface area (Å²) in [4.78, 5) is 25.9. The minimum atomic E-state index is -0.161. The number of carbonyl (C=O) groups is 2. The number of amides is 2. The molecule has 2 aromatic rings. The summed E-state index contributed by atoms with van der Waals surface area (Å²) in [5, 5.41) is 3.46. The van der Waals surface area contributed by atoms with Crippen molar-refractivity contribution >= 4 is 11.8 Å². The third-order valence-electron chi connectivity index (χ3n) is 4.68. The molecule has 25 heavy (non-hydrogen) atoms. The van der Waals surface area contributed by atoms with Crippen molar-refractivity contribution in [2.75, 3.05) is 19.6 Å². The van der Waals surface area contributed by atoms with E-state index in [0.717, 1.165) is 25.9 Å². The zero-order valence-electron chi connectivity index (χ0n) is 14.6. The molecular formula is C21H24N2O2. The van der Waals surface area contributed by atoms with Gasteiger partial charge < -0.3 is 5.32 Å². The number of hydrogen-bond acceptors (Lipinski definition) is 3. The molecule has 0 spiro atoms. The van der Waals surface area contributed by atoms with Gasteiger partial charge in [-0.05, 0) is 43.0 Å². The van der Waals surface area contributed by atoms with E-state index in [9.17, 15) is 9.59 Å². The molecule has 0 saturated heterocycles. The lowest BCUT2D eigenvalue weighted by atomic mass is 10.0. The van der Waals surface area contributed by atoms with Crippen molar-refractivity contribution in [3.05, 3.63) is 71.3 Å². The van der Waals surface area contributed by atoms with Crippen LogP contribution < -0.4 is 5.32 Å². The maximum Gasteiger partial charge on any atom is 0.261 e. The molecule has 1 N–H and O–H groups in total. The second-order valence-corrected chi connectivity index (χ2v) is 6.53. The second kappa shape index (κ2) is 8.08. The highest BCUT2D eigenvalue weighted by Gasteiger charge is 2.34. The summed E-state index contributed by atoms with van der Waals surface area (Å²) < 4.78 is 0. The van der Waals surface area contributed by atoms with Crippen molar-refractivity contribution in [2.24, 2.45) is 0 Å². The van der Waals surface area contributed by atoms with Gasteiger partial charge in [0.25, 0.3) is 11.8 Å². The highest BCUT2D eigenvalue weighted by atomic mass is 16.2. The fourth-order valence-electron chi connectivity index (χ4n) is 3.18. The molecule has 4 nitrogen and oxygen atoms in total. The predicted octanol–water partition coefficient (Wildman–Crippen LogP) is 3.46. The summed E-state index contributed by atoms with van der Waals surface area (Å²) in [5.41, 5.74) is 2.39. The van der Waals surface area contributed by atoms with E-state index in [0.29, 0.717) is 23.6 Å². The number of carbonyl (C=O) groups excluding carboxylic acids is 2. The lowest BCUT2D eigenvalue weighted by Crippen LogP contribution is -2.31. The molecule has 0 bridgehead atoms. The fraction of sp³-hybridized carbons (Fsp3) is 0.333. The summed E-state index contributed by atoms with van der Waals surface area (Å²) in [6.07, 6.45) is 1.76. The summed E-state index contributed by atoms with van der Waals surface area (Å²) in [7, 11) is 0. The van der Waals surface area contributed by atoms with Crippen molar-refractivity contribution in [1.82, 2.24) is 10.2 Å². The van der Waals surface area contributed by atoms with Crippen LogP contribution in [0.3, 0.4) is 0 Å². The number of benzene rings is 2. The van der Waals surface area contributed by atoms with Crippen molar-refractivity contribution in [3.63, 3.8) is 0 Å². The van der Waals surface area contributed by atoms with Gasteiger partial charge >= 0.3 is 0 Å². The first kappa shape index (κ1) is 17.4. The van der Waals surface area contributed by atoms with Crippen LogP contribution >= 0.6 is 0 Å². The number of nitrogens with one attached hydrogen (secondary N) is 1. The Morgan fingerprint density at radius 2 is 1.48 bits per heavy atom. The molecule has 130 valence electrons. The molecular weight excluding hydrogens is 312 g/mol. The van der Waals surface area contributed by atoms with Gasteiger partial charge in [0.2, 0.25) is 0 Å². The van der Waals surface area contributed by atoms with Crippen LogP contribution in [0.2, 0.25) is 0 Å². The number of hydrogen-bond donors (Lipinski definition) is 1. The molecule has 0 aliphatic carbocycles. The molecule has 2 aromatic carbocycles. The van der Waals surface area contributed by atoms with Crippen LogP contribution in [0.25, 0.3) is 0 Å². The first-order valence-electron chi connectivity index (χ1n) is 8.89. The molecule has 0 aromatic heterocycles. The minimum absolute atomic E-state index is 0.161. The molecule has 1 unspecified atom stereocenters. The summed E-state index contributed by atoms with van der Waals surface area (Å²) in [5.74, 6) is 0.148. The quantitative estimate of drug-likeness (QED) is 0.593. The van der Waals surface area contributed by atoms with E-state index in [1.165, 1.54) is 10.5 Å². The van der Waals surface area contributed by atoms with E-state index in [1.807, 2.05) is 6.07 Å². The molecule has 1 heterocycles. The number of nitrogens with zero attached hydrogens (tertiary/aromatic N) is 1. The van der Waals surface area contributed by atoms with Gasteiger partial charge in [-0.3, -0.25) is 14.5 Å². The Balaban J connectivity index is 1.37. The Hall–Kier alpha value is -2.46. The number of fused-ring (bicyclic) bond motifs is 1. The Labute approximate surface area is 148 Å². The molecule has 0 radical (unpaired) electrons. The van der Waals surface area contributed by atoms with Gasteiger partial charge in [-0.15, -0.1) is 0 Å². The molecule has 1 atom stereocenters. The van der Waals surface area contributed by atoms with Crippen LogP contribution in [0, 0.1) is 0 Å². The highest BCUT2D eigenvalue weighted by molar-refractivity contribution is 6.21. The lowest BCUT2D eigenvalue weighted by Gasteiger charge is -2.15. The minimum Gasteiger partial charge on any atom is -0.316 e. The molecule has 0 fully saturated rings. The van der Waals surface area contributed by atoms with Gasteiger partial charge in [0.1, 0.15) is 0 Å². The highest BCUT2D eigenvalue weighted by Crippen LogP contribution is 2.22. The van der Waals surface area contributed by atoms with Gasteiger partial charge in [-0.2, -0.15) is 0 Å². The van der Waals surface area contributed by atoms with Crippen LogP contribution in [0.4, 0.5) is 0 Å². The Kier molecular flexibility index (Phi) is 5.61. The lowest BCUT2D eigenvalue weighted by molar-refractivity contribution is 0.0651. The Morgan fingerprint density at radius 3 is 2.12 bits per heavy atom. The summed E-state index contributed by atoms with van der Waals surface area (Å²) >= 11 is 0. The van der Waals surface area contributed by atoms with E-state index >= 15 is 0 Å². The van der Waals surface area contributed by atoms with Crippen LogP contribution in [-0.2, 0) is 0 Å². The van der Waals surface area contributed by atoms with Gasteiger partial charge in [-0.25, -0.2) is 0 Å². The first-order chi connectivity index (χ1) is 12.2. The van der Waals surface area contributed by atoms with Crippen molar-refractivity contribution in [2.45, 2.75) is 25.7 Å². The molecule has 1 aliphatic rings. The Bertz CT molecular complexity index is 708. The van der Waals surface area contributed by atoms with Crippen molar-refractivity contribution in [1.29, 1.82) is 0 Å². The van der Waals surface area contributed by atoms with E-state index < -0.39 is 0 Å². The normalized spacial score (nSPS) is 14.7. The monoisotopic (exact) mass is 336 g/mol. The first-order valence-corrected chi connectivity index (χ1v) is 8.89. The van der Waals surface area contributed by atoms with Crippen molar-refractivity contribution in [3.8, 4) is 0 Å². The third-order valence-corrected chi connectivity index (χ3v) is 4.68. The van der Waals surface area contributed by atoms with Gasteiger partial charge in [0.05, 0.1) is 11.1 Å².